The van der Waals surface area contributed by atoms with Gasteiger partial charge in [-0.15, -0.1) is 0 Å². The van der Waals surface area contributed by atoms with E-state index in [1.165, 1.54) is 5.56 Å². The van der Waals surface area contributed by atoms with Gasteiger partial charge in [0.15, 0.2) is 0 Å². The van der Waals surface area contributed by atoms with E-state index in [4.69, 9.17) is 18.0 Å². The topological polar surface area (TPSA) is 50.9 Å². The second-order valence-corrected chi connectivity index (χ2v) is 6.04. The van der Waals surface area contributed by atoms with Crippen molar-refractivity contribution in [2.75, 3.05) is 5.32 Å². The van der Waals surface area contributed by atoms with Crippen LogP contribution in [0.25, 0.3) is 0 Å². The number of halogens is 1. The molecule has 1 aromatic carbocycles. The average molecular weight is 350 g/mol. The van der Waals surface area contributed by atoms with Crippen molar-refractivity contribution in [2.24, 2.45) is 5.73 Å². The number of rotatable bonds is 3. The molecule has 0 aliphatic rings. The Labute approximate surface area is 132 Å². The molecule has 0 radical (unpaired) electrons. The fourth-order valence-corrected chi connectivity index (χ4v) is 2.72. The molecular weight excluding hydrogens is 334 g/mol. The van der Waals surface area contributed by atoms with Crippen LogP contribution in [-0.2, 0) is 0 Å². The van der Waals surface area contributed by atoms with Gasteiger partial charge < -0.3 is 11.1 Å². The summed E-state index contributed by atoms with van der Waals surface area (Å²) in [6.07, 6.45) is 0. The minimum absolute atomic E-state index is 0.348. The van der Waals surface area contributed by atoms with Gasteiger partial charge in [0, 0.05) is 15.9 Å². The molecule has 1 aromatic heterocycles. The van der Waals surface area contributed by atoms with Crippen molar-refractivity contribution in [3.63, 3.8) is 0 Å². The number of aryl methyl sites for hydroxylation is 3. The van der Waals surface area contributed by atoms with Gasteiger partial charge in [-0.25, -0.2) is 0 Å². The van der Waals surface area contributed by atoms with Crippen LogP contribution in [0.4, 0.5) is 11.4 Å². The molecule has 0 amide bonds. The van der Waals surface area contributed by atoms with Gasteiger partial charge in [-0.3, -0.25) is 4.98 Å². The number of hydrogen-bond acceptors (Lipinski definition) is 3. The molecule has 2 aromatic rings. The van der Waals surface area contributed by atoms with Gasteiger partial charge in [0.05, 0.1) is 16.9 Å². The average Bonchev–Trinajstić information content (AvgIpc) is 2.32. The van der Waals surface area contributed by atoms with Crippen molar-refractivity contribution in [3.05, 3.63) is 51.3 Å². The molecule has 0 spiro atoms. The fourth-order valence-electron chi connectivity index (χ4n) is 2.12. The maximum atomic E-state index is 5.83. The molecule has 0 unspecified atom stereocenters. The number of thiocarbonyl (C=S) groups is 1. The van der Waals surface area contributed by atoms with E-state index in [1.54, 1.807) is 0 Å². The lowest BCUT2D eigenvalue weighted by Gasteiger charge is -2.15. The number of anilines is 2. The van der Waals surface area contributed by atoms with E-state index in [-0.39, 0.29) is 0 Å². The lowest BCUT2D eigenvalue weighted by atomic mass is 10.1. The van der Waals surface area contributed by atoms with Crippen molar-refractivity contribution in [2.45, 2.75) is 20.8 Å². The molecule has 0 bridgehead atoms. The van der Waals surface area contributed by atoms with Crippen LogP contribution in [0.1, 0.15) is 22.5 Å². The third-order valence-corrected chi connectivity index (χ3v) is 3.86. The summed E-state index contributed by atoms with van der Waals surface area (Å²) < 4.78 is 0.990. The molecule has 0 fully saturated rings. The third kappa shape index (κ3) is 3.16. The summed E-state index contributed by atoms with van der Waals surface area (Å²) >= 11 is 8.69. The maximum absolute atomic E-state index is 5.83. The number of nitrogens with zero attached hydrogens (tertiary/aromatic N) is 1. The quantitative estimate of drug-likeness (QED) is 0.817. The first kappa shape index (κ1) is 14.9. The zero-order chi connectivity index (χ0) is 14.9. The molecule has 2 rings (SSSR count). The first-order valence-corrected chi connectivity index (χ1v) is 7.40. The van der Waals surface area contributed by atoms with Gasteiger partial charge in [0.25, 0.3) is 0 Å². The fraction of sp³-hybridized carbons (Fsp3) is 0.200. The van der Waals surface area contributed by atoms with Gasteiger partial charge in [-0.05, 0) is 60.5 Å². The second-order valence-electron chi connectivity index (χ2n) is 4.74. The Kier molecular flexibility index (Phi) is 4.40. The largest absolute Gasteiger partial charge is 0.389 e. The van der Waals surface area contributed by atoms with E-state index >= 15 is 0 Å². The Bertz CT molecular complexity index is 683. The summed E-state index contributed by atoms with van der Waals surface area (Å²) in [6, 6.07) is 8.08. The first-order chi connectivity index (χ1) is 9.38. The number of aromatic nitrogens is 1. The summed E-state index contributed by atoms with van der Waals surface area (Å²) in [4.78, 5) is 4.77. The monoisotopic (exact) mass is 349 g/mol. The predicted molar refractivity (Wildman–Crippen MR) is 91.8 cm³/mol. The van der Waals surface area contributed by atoms with Crippen LogP contribution in [-0.4, -0.2) is 9.97 Å². The molecule has 0 atom stereocenters. The normalized spacial score (nSPS) is 10.4. The zero-order valence-corrected chi connectivity index (χ0v) is 14.0. The standard InChI is InChI=1S/C15H16BrN3S/c1-8-4-5-11(16)12(6-8)19-13-7-9(2)18-10(3)14(13)15(17)20/h4-7H,1-3H3,(H2,17,20)(H,18,19). The van der Waals surface area contributed by atoms with Gasteiger partial charge in [0.2, 0.25) is 0 Å². The Morgan fingerprint density at radius 2 is 1.90 bits per heavy atom. The number of benzene rings is 1. The Hall–Kier alpha value is -1.46. The SMILES string of the molecule is Cc1ccc(Br)c(Nc2cc(C)nc(C)c2C(N)=S)c1. The van der Waals surface area contributed by atoms with E-state index in [0.717, 1.165) is 32.8 Å². The van der Waals surface area contributed by atoms with Crippen LogP contribution in [0.15, 0.2) is 28.7 Å². The minimum atomic E-state index is 0.348. The summed E-state index contributed by atoms with van der Waals surface area (Å²) in [7, 11) is 0. The molecule has 3 nitrogen and oxygen atoms in total. The summed E-state index contributed by atoms with van der Waals surface area (Å²) in [5.74, 6) is 0. The van der Waals surface area contributed by atoms with Crippen LogP contribution >= 0.6 is 28.1 Å². The Morgan fingerprint density at radius 1 is 1.20 bits per heavy atom. The summed E-state index contributed by atoms with van der Waals surface area (Å²) in [5.41, 5.74) is 11.4. The molecule has 0 aliphatic heterocycles. The highest BCUT2D eigenvalue weighted by molar-refractivity contribution is 9.10. The molecule has 0 saturated carbocycles. The van der Waals surface area contributed by atoms with Crippen LogP contribution in [0.5, 0.6) is 0 Å². The van der Waals surface area contributed by atoms with Crippen molar-refractivity contribution in [1.29, 1.82) is 0 Å². The molecule has 5 heteroatoms. The molecule has 20 heavy (non-hydrogen) atoms. The molecule has 0 saturated heterocycles. The molecule has 1 heterocycles. The van der Waals surface area contributed by atoms with Crippen LogP contribution in [0, 0.1) is 20.8 Å². The van der Waals surface area contributed by atoms with E-state index < -0.39 is 0 Å². The third-order valence-electron chi connectivity index (χ3n) is 2.97. The Balaban J connectivity index is 2.53. The lowest BCUT2D eigenvalue weighted by Crippen LogP contribution is -2.15. The summed E-state index contributed by atoms with van der Waals surface area (Å²) in [6.45, 7) is 5.92. The number of pyridine rings is 1. The molecule has 3 N–H and O–H groups in total. The van der Waals surface area contributed by atoms with Crippen molar-refractivity contribution in [1.82, 2.24) is 4.98 Å². The van der Waals surface area contributed by atoms with Crippen molar-refractivity contribution < 1.29 is 0 Å². The van der Waals surface area contributed by atoms with E-state index in [1.807, 2.05) is 32.0 Å². The highest BCUT2D eigenvalue weighted by Gasteiger charge is 2.12. The van der Waals surface area contributed by atoms with Crippen LogP contribution in [0.2, 0.25) is 0 Å². The van der Waals surface area contributed by atoms with Crippen molar-refractivity contribution in [3.8, 4) is 0 Å². The van der Waals surface area contributed by atoms with Gasteiger partial charge in [-0.2, -0.15) is 0 Å². The molecular formula is C15H16BrN3S. The lowest BCUT2D eigenvalue weighted by molar-refractivity contribution is 1.11. The highest BCUT2D eigenvalue weighted by Crippen LogP contribution is 2.29. The highest BCUT2D eigenvalue weighted by atomic mass is 79.9. The molecule has 104 valence electrons. The van der Waals surface area contributed by atoms with E-state index in [9.17, 15) is 0 Å². The second kappa shape index (κ2) is 5.89. The number of nitrogens with two attached hydrogens (primary N) is 1. The maximum Gasteiger partial charge on any atom is 0.107 e. The Morgan fingerprint density at radius 3 is 2.55 bits per heavy atom. The number of hydrogen-bond donors (Lipinski definition) is 2. The van der Waals surface area contributed by atoms with Crippen molar-refractivity contribution >= 4 is 44.5 Å². The van der Waals surface area contributed by atoms with Gasteiger partial charge in [0.1, 0.15) is 4.99 Å². The zero-order valence-electron chi connectivity index (χ0n) is 11.6. The van der Waals surface area contributed by atoms with E-state index in [2.05, 4.69) is 39.2 Å². The van der Waals surface area contributed by atoms with Gasteiger partial charge in [-0.1, -0.05) is 18.3 Å². The first-order valence-electron chi connectivity index (χ1n) is 6.19. The number of nitrogens with one attached hydrogen (secondary N) is 1. The van der Waals surface area contributed by atoms with Crippen LogP contribution in [0.3, 0.4) is 0 Å². The smallest absolute Gasteiger partial charge is 0.107 e. The van der Waals surface area contributed by atoms with E-state index in [0.29, 0.717) is 4.99 Å². The van der Waals surface area contributed by atoms with Gasteiger partial charge >= 0.3 is 0 Å². The predicted octanol–water partition coefficient (Wildman–Crippen LogP) is 4.15. The molecule has 0 aliphatic carbocycles. The minimum Gasteiger partial charge on any atom is -0.389 e. The van der Waals surface area contributed by atoms with Crippen LogP contribution < -0.4 is 11.1 Å². The summed E-state index contributed by atoms with van der Waals surface area (Å²) in [5, 5.41) is 3.39.